The third-order valence-corrected chi connectivity index (χ3v) is 3.48. The van der Waals surface area contributed by atoms with Crippen molar-refractivity contribution in [2.24, 2.45) is 5.92 Å². The van der Waals surface area contributed by atoms with E-state index in [1.54, 1.807) is 0 Å². The van der Waals surface area contributed by atoms with E-state index in [-0.39, 0.29) is 12.0 Å². The second kappa shape index (κ2) is 8.80. The molecule has 21 heavy (non-hydrogen) atoms. The molecular weight excluding hydrogens is 266 g/mol. The van der Waals surface area contributed by atoms with Gasteiger partial charge in [-0.2, -0.15) is 0 Å². The number of benzene rings is 1. The molecule has 2 atom stereocenters. The van der Waals surface area contributed by atoms with Gasteiger partial charge >= 0.3 is 5.97 Å². The molecular formula is C17H27NO3. The fraction of sp³-hybridized carbons (Fsp3) is 0.588. The lowest BCUT2D eigenvalue weighted by molar-refractivity contribution is -0.141. The third kappa shape index (κ3) is 6.27. The van der Waals surface area contributed by atoms with Gasteiger partial charge in [0, 0.05) is 12.5 Å². The van der Waals surface area contributed by atoms with Gasteiger partial charge in [-0.25, -0.2) is 0 Å². The van der Waals surface area contributed by atoms with Crippen molar-refractivity contribution in [2.45, 2.75) is 45.8 Å². The van der Waals surface area contributed by atoms with Gasteiger partial charge in [0.1, 0.15) is 0 Å². The maximum Gasteiger partial charge on any atom is 0.305 e. The van der Waals surface area contributed by atoms with Crippen LogP contribution in [0.5, 0.6) is 0 Å². The minimum atomic E-state index is -0.631. The molecule has 0 fully saturated rings. The molecule has 0 heterocycles. The second-order valence-electron chi connectivity index (χ2n) is 5.88. The Hall–Kier alpha value is -1.39. The molecule has 0 aromatic heterocycles. The number of aryl methyl sites for hydroxylation is 1. The normalized spacial score (nSPS) is 14.0. The zero-order valence-electron chi connectivity index (χ0n) is 13.4. The van der Waals surface area contributed by atoms with Gasteiger partial charge < -0.3 is 15.2 Å². The van der Waals surface area contributed by atoms with E-state index in [1.807, 2.05) is 31.2 Å². The van der Waals surface area contributed by atoms with Crippen LogP contribution in [0, 0.1) is 12.8 Å². The standard InChI is InChI=1S/C17H27NO3/c1-12(2)11-18-15(9-10-16(19)21-4)17(20)14-7-5-13(3)6-8-14/h5-8,12,15,17-18,20H,9-11H2,1-4H3. The van der Waals surface area contributed by atoms with E-state index >= 15 is 0 Å². The summed E-state index contributed by atoms with van der Waals surface area (Å²) >= 11 is 0. The molecule has 0 amide bonds. The number of rotatable bonds is 8. The van der Waals surface area contributed by atoms with Gasteiger partial charge in [-0.1, -0.05) is 43.7 Å². The molecule has 4 heteroatoms. The number of carbonyl (C=O) groups is 1. The van der Waals surface area contributed by atoms with Crippen molar-refractivity contribution in [3.63, 3.8) is 0 Å². The van der Waals surface area contributed by atoms with E-state index in [1.165, 1.54) is 7.11 Å². The van der Waals surface area contributed by atoms with E-state index < -0.39 is 6.10 Å². The summed E-state index contributed by atoms with van der Waals surface area (Å²) in [4.78, 5) is 11.3. The highest BCUT2D eigenvalue weighted by molar-refractivity contribution is 5.69. The number of aliphatic hydroxyl groups is 1. The van der Waals surface area contributed by atoms with Gasteiger partial charge in [-0.3, -0.25) is 4.79 Å². The summed E-state index contributed by atoms with van der Waals surface area (Å²) in [6.07, 6.45) is 0.220. The molecule has 2 unspecified atom stereocenters. The van der Waals surface area contributed by atoms with Gasteiger partial charge in [0.2, 0.25) is 0 Å². The lowest BCUT2D eigenvalue weighted by Crippen LogP contribution is -2.37. The molecule has 0 aliphatic carbocycles. The number of hydrogen-bond acceptors (Lipinski definition) is 4. The number of carbonyl (C=O) groups excluding carboxylic acids is 1. The molecule has 1 rings (SSSR count). The first-order valence-corrected chi connectivity index (χ1v) is 7.49. The van der Waals surface area contributed by atoms with Crippen molar-refractivity contribution < 1.29 is 14.6 Å². The van der Waals surface area contributed by atoms with Crippen LogP contribution in [0.3, 0.4) is 0 Å². The highest BCUT2D eigenvalue weighted by Gasteiger charge is 2.21. The van der Waals surface area contributed by atoms with Gasteiger partial charge in [-0.15, -0.1) is 0 Å². The smallest absolute Gasteiger partial charge is 0.305 e. The van der Waals surface area contributed by atoms with Crippen LogP contribution in [-0.2, 0) is 9.53 Å². The molecule has 0 aliphatic rings. The predicted octanol–water partition coefficient (Wildman–Crippen LogP) is 2.60. The van der Waals surface area contributed by atoms with Crippen LogP contribution in [0.1, 0.15) is 43.9 Å². The molecule has 0 aliphatic heterocycles. The summed E-state index contributed by atoms with van der Waals surface area (Å²) in [5.41, 5.74) is 2.03. The summed E-state index contributed by atoms with van der Waals surface area (Å²) in [5.74, 6) is 0.235. The summed E-state index contributed by atoms with van der Waals surface area (Å²) in [5, 5.41) is 13.9. The first kappa shape index (κ1) is 17.7. The zero-order chi connectivity index (χ0) is 15.8. The fourth-order valence-electron chi connectivity index (χ4n) is 2.13. The molecule has 1 aromatic rings. The summed E-state index contributed by atoms with van der Waals surface area (Å²) in [7, 11) is 1.38. The molecule has 2 N–H and O–H groups in total. The number of methoxy groups -OCH3 is 1. The number of aliphatic hydroxyl groups excluding tert-OH is 1. The van der Waals surface area contributed by atoms with Crippen LogP contribution in [0.4, 0.5) is 0 Å². The number of ether oxygens (including phenoxy) is 1. The second-order valence-corrected chi connectivity index (χ2v) is 5.88. The average Bonchev–Trinajstić information content (AvgIpc) is 2.46. The van der Waals surface area contributed by atoms with Crippen LogP contribution in [0.25, 0.3) is 0 Å². The molecule has 0 bridgehead atoms. The van der Waals surface area contributed by atoms with E-state index in [2.05, 4.69) is 23.9 Å². The van der Waals surface area contributed by atoms with Crippen molar-refractivity contribution in [3.05, 3.63) is 35.4 Å². The van der Waals surface area contributed by atoms with E-state index in [0.717, 1.165) is 17.7 Å². The largest absolute Gasteiger partial charge is 0.469 e. The van der Waals surface area contributed by atoms with Crippen LogP contribution < -0.4 is 5.32 Å². The van der Waals surface area contributed by atoms with Crippen molar-refractivity contribution in [1.82, 2.24) is 5.32 Å². The Morgan fingerprint density at radius 1 is 1.29 bits per heavy atom. The fourth-order valence-corrected chi connectivity index (χ4v) is 2.13. The van der Waals surface area contributed by atoms with Gasteiger partial charge in [0.05, 0.1) is 13.2 Å². The van der Waals surface area contributed by atoms with Gasteiger partial charge in [0.15, 0.2) is 0 Å². The zero-order valence-corrected chi connectivity index (χ0v) is 13.4. The Labute approximate surface area is 127 Å². The predicted molar refractivity (Wildman–Crippen MR) is 84.0 cm³/mol. The van der Waals surface area contributed by atoms with E-state index in [4.69, 9.17) is 0 Å². The van der Waals surface area contributed by atoms with Crippen molar-refractivity contribution in [2.75, 3.05) is 13.7 Å². The summed E-state index contributed by atoms with van der Waals surface area (Å²) in [6.45, 7) is 7.04. The topological polar surface area (TPSA) is 58.6 Å². The maximum absolute atomic E-state index is 11.3. The highest BCUT2D eigenvalue weighted by atomic mass is 16.5. The van der Waals surface area contributed by atoms with Crippen LogP contribution in [0.2, 0.25) is 0 Å². The molecule has 0 spiro atoms. The van der Waals surface area contributed by atoms with Crippen LogP contribution >= 0.6 is 0 Å². The first-order chi connectivity index (χ1) is 9.93. The monoisotopic (exact) mass is 293 g/mol. The minimum absolute atomic E-state index is 0.158. The van der Waals surface area contributed by atoms with Crippen molar-refractivity contribution >= 4 is 5.97 Å². The Kier molecular flexibility index (Phi) is 7.40. The summed E-state index contributed by atoms with van der Waals surface area (Å²) < 4.78 is 4.68. The van der Waals surface area contributed by atoms with E-state index in [9.17, 15) is 9.90 Å². The first-order valence-electron chi connectivity index (χ1n) is 7.49. The van der Waals surface area contributed by atoms with Crippen molar-refractivity contribution in [1.29, 1.82) is 0 Å². The van der Waals surface area contributed by atoms with E-state index in [0.29, 0.717) is 18.8 Å². The molecule has 1 aromatic carbocycles. The third-order valence-electron chi connectivity index (χ3n) is 3.48. The summed E-state index contributed by atoms with van der Waals surface area (Å²) in [6, 6.07) is 7.68. The Morgan fingerprint density at radius 2 is 1.90 bits per heavy atom. The average molecular weight is 293 g/mol. The Balaban J connectivity index is 2.72. The number of hydrogen-bond donors (Lipinski definition) is 2. The Morgan fingerprint density at radius 3 is 2.43 bits per heavy atom. The SMILES string of the molecule is COC(=O)CCC(NCC(C)C)C(O)c1ccc(C)cc1. The van der Waals surface area contributed by atoms with Crippen LogP contribution in [0.15, 0.2) is 24.3 Å². The minimum Gasteiger partial charge on any atom is -0.469 e. The van der Waals surface area contributed by atoms with Crippen LogP contribution in [-0.4, -0.2) is 30.8 Å². The van der Waals surface area contributed by atoms with Gasteiger partial charge in [-0.05, 0) is 31.4 Å². The van der Waals surface area contributed by atoms with Gasteiger partial charge in [0.25, 0.3) is 0 Å². The van der Waals surface area contributed by atoms with Crippen molar-refractivity contribution in [3.8, 4) is 0 Å². The lowest BCUT2D eigenvalue weighted by atomic mass is 9.97. The molecule has 0 radical (unpaired) electrons. The molecule has 0 saturated heterocycles. The highest BCUT2D eigenvalue weighted by Crippen LogP contribution is 2.21. The molecule has 0 saturated carbocycles. The molecule has 4 nitrogen and oxygen atoms in total. The lowest BCUT2D eigenvalue weighted by Gasteiger charge is -2.25. The Bertz CT molecular complexity index is 428. The number of esters is 1. The maximum atomic E-state index is 11.3. The molecule has 118 valence electrons. The number of nitrogens with one attached hydrogen (secondary N) is 1. The quantitative estimate of drug-likeness (QED) is 0.723.